The second-order valence-electron chi connectivity index (χ2n) is 11.7. The standard InChI is InChI=1S/C27H37N5O21P2/c1-10(33)44-6-16(46-11(2)34)20-21(47-12(3)35)22(48-13(4)36)23(49-14(5)37)27(51-20)52-55(42,43)53-54(40,41)45-7-15-18(38)19(39)26(50-15)32-9-31-17-24(28)29-8-30-25(17)32/h8-9,15-16,18-23,26-27,38-39H,6-7H2,1-5H3,(H,40,41)(H,42,43)(H2,28,29,30)/t15?,16-,18?,19?,20?,21?,22?,23?,26?,27?/m0/s1. The van der Waals surface area contributed by atoms with E-state index in [0.29, 0.717) is 0 Å². The highest BCUT2D eigenvalue weighted by Gasteiger charge is 2.57. The van der Waals surface area contributed by atoms with Crippen LogP contribution in [-0.4, -0.2) is 138 Å². The number of ether oxygens (including phenoxy) is 7. The Labute approximate surface area is 309 Å². The Balaban J connectivity index is 1.57. The number of carbonyl (C=O) groups is 5. The van der Waals surface area contributed by atoms with E-state index in [9.17, 15) is 53.1 Å². The minimum absolute atomic E-state index is 0.00339. The van der Waals surface area contributed by atoms with Crippen molar-refractivity contribution in [2.75, 3.05) is 18.9 Å². The zero-order valence-corrected chi connectivity index (χ0v) is 31.1. The number of rotatable bonds is 15. The summed E-state index contributed by atoms with van der Waals surface area (Å²) in [7, 11) is -11.7. The van der Waals surface area contributed by atoms with E-state index in [0.717, 1.165) is 40.9 Å². The van der Waals surface area contributed by atoms with Crippen molar-refractivity contribution in [2.45, 2.75) is 96.0 Å². The number of nitrogen functional groups attached to an aromatic ring is 1. The van der Waals surface area contributed by atoms with Gasteiger partial charge >= 0.3 is 45.5 Å². The number of phosphoric acid groups is 2. The van der Waals surface area contributed by atoms with Crippen LogP contribution in [0.1, 0.15) is 40.8 Å². The molecule has 2 saturated heterocycles. The van der Waals surface area contributed by atoms with Gasteiger partial charge in [-0.05, 0) is 0 Å². The number of carbonyl (C=O) groups excluding carboxylic acids is 5. The van der Waals surface area contributed by atoms with Crippen LogP contribution in [0.4, 0.5) is 5.82 Å². The van der Waals surface area contributed by atoms with Gasteiger partial charge in [-0.25, -0.2) is 24.1 Å². The summed E-state index contributed by atoms with van der Waals surface area (Å²) in [4.78, 5) is 92.9. The number of imidazole rings is 1. The van der Waals surface area contributed by atoms with Crippen molar-refractivity contribution < 1.29 is 99.6 Å². The number of nitrogens with two attached hydrogens (primary N) is 1. The Hall–Kier alpha value is -4.20. The first-order valence-electron chi connectivity index (χ1n) is 15.7. The molecule has 0 amide bonds. The molecular formula is C27H37N5O21P2. The monoisotopic (exact) mass is 829 g/mol. The molecule has 2 aromatic heterocycles. The maximum Gasteiger partial charge on any atom is 0.483 e. The van der Waals surface area contributed by atoms with Crippen LogP contribution in [0, 0.1) is 0 Å². The summed E-state index contributed by atoms with van der Waals surface area (Å²) in [5.74, 6) is -5.18. The topological polar surface area (TPSA) is 362 Å². The molecule has 11 unspecified atom stereocenters. The van der Waals surface area contributed by atoms with Crippen LogP contribution in [0.2, 0.25) is 0 Å². The fourth-order valence-electron chi connectivity index (χ4n) is 5.42. The first-order valence-corrected chi connectivity index (χ1v) is 18.7. The minimum atomic E-state index is -5.95. The Morgan fingerprint density at radius 1 is 0.836 bits per heavy atom. The van der Waals surface area contributed by atoms with Crippen molar-refractivity contribution in [3.63, 3.8) is 0 Å². The maximum atomic E-state index is 13.2. The quantitative estimate of drug-likeness (QED) is 0.0758. The summed E-state index contributed by atoms with van der Waals surface area (Å²) >= 11 is 0. The van der Waals surface area contributed by atoms with Gasteiger partial charge in [-0.2, -0.15) is 4.31 Å². The molecule has 0 radical (unpaired) electrons. The van der Waals surface area contributed by atoms with Gasteiger partial charge in [0, 0.05) is 34.6 Å². The van der Waals surface area contributed by atoms with Crippen LogP contribution in [0.5, 0.6) is 0 Å². The molecule has 26 nitrogen and oxygen atoms in total. The molecule has 4 rings (SSSR count). The SMILES string of the molecule is CC(=O)OC[C@H](OC(C)=O)C1OC(OP(=O)(O)OP(=O)(O)OCC2OC(n3cnc4c(N)ncnc43)C(O)C2O)C(OC(C)=O)C(OC(C)=O)C1OC(C)=O. The van der Waals surface area contributed by atoms with Crippen LogP contribution in [0.3, 0.4) is 0 Å². The molecule has 2 aliphatic heterocycles. The molecule has 0 spiro atoms. The first kappa shape index (κ1) is 43.5. The molecular weight excluding hydrogens is 792 g/mol. The van der Waals surface area contributed by atoms with E-state index < -0.39 is 120 Å². The Bertz CT molecular complexity index is 1860. The lowest BCUT2D eigenvalue weighted by molar-refractivity contribution is -0.301. The smallest absolute Gasteiger partial charge is 0.462 e. The predicted octanol–water partition coefficient (Wildman–Crippen LogP) is -1.71. The van der Waals surface area contributed by atoms with Crippen molar-refractivity contribution in [1.82, 2.24) is 19.5 Å². The Morgan fingerprint density at radius 2 is 1.45 bits per heavy atom. The van der Waals surface area contributed by atoms with Gasteiger partial charge in [-0.3, -0.25) is 37.6 Å². The fraction of sp³-hybridized carbons (Fsp3) is 0.630. The van der Waals surface area contributed by atoms with E-state index in [2.05, 4.69) is 19.3 Å². The molecule has 2 aromatic rings. The van der Waals surface area contributed by atoms with E-state index in [-0.39, 0.29) is 17.0 Å². The minimum Gasteiger partial charge on any atom is -0.462 e. The fourth-order valence-corrected chi connectivity index (χ4v) is 7.58. The number of nitrogens with zero attached hydrogens (tertiary/aromatic N) is 4. The molecule has 0 bridgehead atoms. The van der Waals surface area contributed by atoms with Crippen LogP contribution < -0.4 is 5.73 Å². The summed E-state index contributed by atoms with van der Waals surface area (Å²) in [6, 6.07) is 0. The van der Waals surface area contributed by atoms with E-state index in [1.54, 1.807) is 0 Å². The van der Waals surface area contributed by atoms with Gasteiger partial charge in [0.2, 0.25) is 6.29 Å². The molecule has 28 heteroatoms. The van der Waals surface area contributed by atoms with Gasteiger partial charge in [-0.1, -0.05) is 0 Å². The van der Waals surface area contributed by atoms with E-state index in [1.165, 1.54) is 10.9 Å². The molecule has 12 atom stereocenters. The molecule has 2 fully saturated rings. The highest BCUT2D eigenvalue weighted by Crippen LogP contribution is 2.61. The van der Waals surface area contributed by atoms with Crippen molar-refractivity contribution in [2.24, 2.45) is 0 Å². The third-order valence-electron chi connectivity index (χ3n) is 7.42. The Kier molecular flexibility index (Phi) is 14.0. The number of hydrogen-bond acceptors (Lipinski definition) is 23. The van der Waals surface area contributed by atoms with Gasteiger partial charge in [0.1, 0.15) is 42.9 Å². The second-order valence-corrected chi connectivity index (χ2v) is 14.7. The average molecular weight is 830 g/mol. The summed E-state index contributed by atoms with van der Waals surface area (Å²) in [6.45, 7) is 2.71. The molecule has 4 heterocycles. The van der Waals surface area contributed by atoms with Crippen molar-refractivity contribution in [1.29, 1.82) is 0 Å². The summed E-state index contributed by atoms with van der Waals surface area (Å²) in [5.41, 5.74) is 6.00. The van der Waals surface area contributed by atoms with Crippen LogP contribution in [0.15, 0.2) is 12.7 Å². The molecule has 55 heavy (non-hydrogen) atoms. The van der Waals surface area contributed by atoms with Gasteiger partial charge < -0.3 is 58.9 Å². The number of aliphatic hydroxyl groups is 2. The number of hydrogen-bond donors (Lipinski definition) is 5. The van der Waals surface area contributed by atoms with Crippen molar-refractivity contribution in [3.05, 3.63) is 12.7 Å². The summed E-state index contributed by atoms with van der Waals surface area (Å²) in [6.07, 6.45) is -16.2. The normalized spacial score (nSPS) is 29.3. The van der Waals surface area contributed by atoms with Crippen LogP contribution in [0.25, 0.3) is 11.2 Å². The van der Waals surface area contributed by atoms with Gasteiger partial charge in [0.15, 0.2) is 42.1 Å². The second kappa shape index (κ2) is 17.7. The number of aliphatic hydroxyl groups excluding tert-OH is 2. The number of phosphoric ester groups is 2. The van der Waals surface area contributed by atoms with Crippen LogP contribution in [-0.2, 0) is 79.6 Å². The molecule has 0 aliphatic carbocycles. The zero-order valence-electron chi connectivity index (χ0n) is 29.3. The van der Waals surface area contributed by atoms with Crippen LogP contribution >= 0.6 is 15.6 Å². The van der Waals surface area contributed by atoms with E-state index in [1.807, 2.05) is 0 Å². The molecule has 0 saturated carbocycles. The number of esters is 5. The lowest BCUT2D eigenvalue weighted by atomic mass is 9.94. The molecule has 2 aliphatic rings. The highest BCUT2D eigenvalue weighted by atomic mass is 31.3. The third kappa shape index (κ3) is 11.2. The van der Waals surface area contributed by atoms with Gasteiger partial charge in [0.05, 0.1) is 12.9 Å². The molecule has 6 N–H and O–H groups in total. The number of anilines is 1. The predicted molar refractivity (Wildman–Crippen MR) is 171 cm³/mol. The highest BCUT2D eigenvalue weighted by molar-refractivity contribution is 7.61. The number of aromatic nitrogens is 4. The average Bonchev–Trinajstić information content (AvgIpc) is 3.60. The molecule has 0 aromatic carbocycles. The maximum absolute atomic E-state index is 13.2. The van der Waals surface area contributed by atoms with E-state index >= 15 is 0 Å². The lowest BCUT2D eigenvalue weighted by Crippen LogP contribution is -2.65. The summed E-state index contributed by atoms with van der Waals surface area (Å²) < 4.78 is 78.4. The Morgan fingerprint density at radius 3 is 2.05 bits per heavy atom. The number of fused-ring (bicyclic) bond motifs is 1. The van der Waals surface area contributed by atoms with E-state index in [4.69, 9.17) is 47.9 Å². The largest absolute Gasteiger partial charge is 0.483 e. The van der Waals surface area contributed by atoms with Crippen molar-refractivity contribution >= 4 is 62.5 Å². The van der Waals surface area contributed by atoms with Gasteiger partial charge in [0.25, 0.3) is 0 Å². The summed E-state index contributed by atoms with van der Waals surface area (Å²) in [5, 5.41) is 21.2. The molecule has 306 valence electrons. The first-order chi connectivity index (χ1) is 25.6. The lowest BCUT2D eigenvalue weighted by Gasteiger charge is -2.45. The van der Waals surface area contributed by atoms with Crippen molar-refractivity contribution in [3.8, 4) is 0 Å². The third-order valence-corrected chi connectivity index (χ3v) is 10.0. The van der Waals surface area contributed by atoms with Gasteiger partial charge in [-0.15, -0.1) is 0 Å². The zero-order chi connectivity index (χ0) is 41.0.